The van der Waals surface area contributed by atoms with E-state index in [0.29, 0.717) is 17.9 Å². The van der Waals surface area contributed by atoms with Crippen LogP contribution in [0.4, 0.5) is 0 Å². The van der Waals surface area contributed by atoms with Gasteiger partial charge in [0.05, 0.1) is 0 Å². The highest BCUT2D eigenvalue weighted by Crippen LogP contribution is 2.34. The number of carbonyl (C=O) groups is 4. The van der Waals surface area contributed by atoms with Crippen LogP contribution in [0.1, 0.15) is 51.3 Å². The van der Waals surface area contributed by atoms with Gasteiger partial charge in [-0.2, -0.15) is 0 Å². The summed E-state index contributed by atoms with van der Waals surface area (Å²) in [5, 5.41) is 0. The molecule has 2 aromatic carbocycles. The van der Waals surface area contributed by atoms with E-state index in [-0.39, 0.29) is 13.4 Å². The van der Waals surface area contributed by atoms with Crippen molar-refractivity contribution in [1.29, 1.82) is 0 Å². The highest BCUT2D eigenvalue weighted by molar-refractivity contribution is 5.68. The second-order valence-corrected chi connectivity index (χ2v) is 9.85. The molecule has 1 fully saturated rings. The van der Waals surface area contributed by atoms with Crippen molar-refractivity contribution in [2.45, 2.75) is 78.2 Å². The Morgan fingerprint density at radius 1 is 0.767 bits per heavy atom. The van der Waals surface area contributed by atoms with E-state index in [9.17, 15) is 19.2 Å². The third-order valence-electron chi connectivity index (χ3n) is 6.40. The zero-order valence-corrected chi connectivity index (χ0v) is 25.2. The lowest BCUT2D eigenvalue weighted by molar-refractivity contribution is -0.288. The number of carbonyl (C=O) groups excluding carboxylic acids is 4. The molecular weight excluding hydrogens is 564 g/mol. The van der Waals surface area contributed by atoms with Crippen molar-refractivity contribution < 1.29 is 57.1 Å². The molecule has 0 spiro atoms. The Morgan fingerprint density at radius 3 is 1.95 bits per heavy atom. The first-order valence-corrected chi connectivity index (χ1v) is 13.8. The number of aryl methyl sites for hydroxylation is 1. The number of ether oxygens (including phenoxy) is 8. The molecule has 1 saturated heterocycles. The predicted octanol–water partition coefficient (Wildman–Crippen LogP) is 3.28. The first kappa shape index (κ1) is 33.3. The molecule has 0 saturated carbocycles. The second-order valence-electron chi connectivity index (χ2n) is 9.85. The number of hydrogen-bond donors (Lipinski definition) is 0. The first-order valence-electron chi connectivity index (χ1n) is 13.8. The van der Waals surface area contributed by atoms with Crippen molar-refractivity contribution in [3.05, 3.63) is 59.2 Å². The zero-order chi connectivity index (χ0) is 31.5. The average molecular weight is 603 g/mol. The second kappa shape index (κ2) is 15.9. The lowest BCUT2D eigenvalue weighted by atomic mass is 9.97. The largest absolute Gasteiger partial charge is 0.467 e. The van der Waals surface area contributed by atoms with Gasteiger partial charge in [0.2, 0.25) is 12.4 Å². The molecule has 0 aliphatic carbocycles. The molecule has 1 heterocycles. The quantitative estimate of drug-likeness (QED) is 0.189. The van der Waals surface area contributed by atoms with E-state index in [2.05, 4.69) is 6.92 Å². The summed E-state index contributed by atoms with van der Waals surface area (Å²) in [5.41, 5.74) is 2.94. The van der Waals surface area contributed by atoms with E-state index < -0.39 is 54.6 Å². The number of esters is 4. The number of methoxy groups -OCH3 is 1. The summed E-state index contributed by atoms with van der Waals surface area (Å²) in [5.74, 6) is -2.07. The van der Waals surface area contributed by atoms with Crippen molar-refractivity contribution in [3.63, 3.8) is 0 Å². The van der Waals surface area contributed by atoms with E-state index in [0.717, 1.165) is 38.3 Å². The molecule has 0 N–H and O–H groups in total. The summed E-state index contributed by atoms with van der Waals surface area (Å²) in [6, 6.07) is 13.3. The Balaban J connectivity index is 2.06. The first-order chi connectivity index (χ1) is 20.5. The summed E-state index contributed by atoms with van der Waals surface area (Å²) in [7, 11) is 1.49. The van der Waals surface area contributed by atoms with Gasteiger partial charge in [-0.25, -0.2) is 0 Å². The predicted molar refractivity (Wildman–Crippen MR) is 150 cm³/mol. The summed E-state index contributed by atoms with van der Waals surface area (Å²) in [6.45, 7) is 6.36. The molecule has 2 aromatic rings. The minimum Gasteiger partial charge on any atom is -0.467 e. The van der Waals surface area contributed by atoms with Crippen LogP contribution in [0.15, 0.2) is 42.5 Å². The van der Waals surface area contributed by atoms with Crippen molar-refractivity contribution in [1.82, 2.24) is 0 Å². The highest BCUT2D eigenvalue weighted by Gasteiger charge is 2.53. The van der Waals surface area contributed by atoms with E-state index >= 15 is 0 Å². The van der Waals surface area contributed by atoms with Crippen LogP contribution in [0.2, 0.25) is 0 Å². The van der Waals surface area contributed by atoms with Gasteiger partial charge < -0.3 is 37.9 Å². The Morgan fingerprint density at radius 2 is 1.37 bits per heavy atom. The van der Waals surface area contributed by atoms with Gasteiger partial charge in [-0.3, -0.25) is 19.2 Å². The maximum Gasteiger partial charge on any atom is 0.303 e. The summed E-state index contributed by atoms with van der Waals surface area (Å²) >= 11 is 0. The molecule has 12 heteroatoms. The minimum atomic E-state index is -1.39. The average Bonchev–Trinajstić information content (AvgIpc) is 2.94. The normalized spacial score (nSPS) is 21.3. The Hall–Kier alpha value is -4.16. The van der Waals surface area contributed by atoms with Crippen LogP contribution in [0.3, 0.4) is 0 Å². The molecular formula is C31H38O12. The van der Waals surface area contributed by atoms with Crippen molar-refractivity contribution in [2.24, 2.45) is 0 Å². The van der Waals surface area contributed by atoms with Crippen molar-refractivity contribution in [2.75, 3.05) is 20.5 Å². The van der Waals surface area contributed by atoms with Crippen LogP contribution in [-0.4, -0.2) is 75.1 Å². The van der Waals surface area contributed by atoms with Gasteiger partial charge in [0.1, 0.15) is 24.2 Å². The van der Waals surface area contributed by atoms with Crippen molar-refractivity contribution >= 4 is 23.9 Å². The molecule has 234 valence electrons. The van der Waals surface area contributed by atoms with Crippen LogP contribution < -0.4 is 9.47 Å². The van der Waals surface area contributed by atoms with E-state index in [4.69, 9.17) is 37.9 Å². The monoisotopic (exact) mass is 602 g/mol. The number of hydrogen-bond acceptors (Lipinski definition) is 12. The fourth-order valence-corrected chi connectivity index (χ4v) is 4.53. The van der Waals surface area contributed by atoms with Gasteiger partial charge in [0.15, 0.2) is 19.0 Å². The SMILES string of the molecule is CCc1ccc(Cc2ccc(OCOC)cc2O[C@H]2O[C@H](COC(C)=O)[C@@H](OC(C)=O)[C@H](OC(C)=O)[C@H]2OC(C)=O)cc1. The van der Waals surface area contributed by atoms with Gasteiger partial charge in [-0.15, -0.1) is 0 Å². The highest BCUT2D eigenvalue weighted by atomic mass is 16.7. The fraction of sp³-hybridized carbons (Fsp3) is 0.484. The summed E-state index contributed by atoms with van der Waals surface area (Å²) < 4.78 is 44.8. The molecule has 0 bridgehead atoms. The minimum absolute atomic E-state index is 0.0175. The number of rotatable bonds is 13. The third-order valence-corrected chi connectivity index (χ3v) is 6.40. The maximum atomic E-state index is 12.2. The molecule has 0 radical (unpaired) electrons. The summed E-state index contributed by atoms with van der Waals surface area (Å²) in [6.07, 6.45) is -5.19. The Kier molecular flexibility index (Phi) is 12.3. The van der Waals surface area contributed by atoms with Crippen LogP contribution in [0.25, 0.3) is 0 Å². The van der Waals surface area contributed by atoms with E-state index in [1.807, 2.05) is 30.3 Å². The van der Waals surface area contributed by atoms with Gasteiger partial charge in [0.25, 0.3) is 0 Å². The molecule has 1 aliphatic rings. The van der Waals surface area contributed by atoms with Gasteiger partial charge in [-0.1, -0.05) is 37.3 Å². The van der Waals surface area contributed by atoms with Crippen LogP contribution in [0, 0.1) is 0 Å². The molecule has 5 atom stereocenters. The van der Waals surface area contributed by atoms with Gasteiger partial charge >= 0.3 is 23.9 Å². The molecule has 1 aliphatic heterocycles. The van der Waals surface area contributed by atoms with Gasteiger partial charge in [0, 0.05) is 47.3 Å². The molecule has 3 rings (SSSR count). The zero-order valence-electron chi connectivity index (χ0n) is 25.2. The molecule has 0 amide bonds. The van der Waals surface area contributed by atoms with Crippen molar-refractivity contribution in [3.8, 4) is 11.5 Å². The Labute approximate surface area is 250 Å². The molecule has 12 nitrogen and oxygen atoms in total. The lowest BCUT2D eigenvalue weighted by Gasteiger charge is -2.44. The topological polar surface area (TPSA) is 142 Å². The van der Waals surface area contributed by atoms with Gasteiger partial charge in [-0.05, 0) is 29.2 Å². The molecule has 43 heavy (non-hydrogen) atoms. The standard InChI is InChI=1S/C31H38O12/c1-7-22-8-10-23(11-9-22)14-24-12-13-25(38-17-36-6)15-26(24)42-31-30(41-21(5)35)29(40-20(4)34)28(39-19(3)33)27(43-31)16-37-18(2)32/h8-13,15,27-31H,7,14,16-17H2,1-6H3/t27-,28-,29+,30-,31+/m1/s1. The maximum absolute atomic E-state index is 12.2. The molecule has 0 aromatic heterocycles. The van der Waals surface area contributed by atoms with Crippen LogP contribution in [-0.2, 0) is 60.4 Å². The number of benzene rings is 2. The van der Waals surface area contributed by atoms with E-state index in [1.165, 1.54) is 19.6 Å². The smallest absolute Gasteiger partial charge is 0.303 e. The molecule has 0 unspecified atom stereocenters. The van der Waals surface area contributed by atoms with Crippen LogP contribution in [0.5, 0.6) is 11.5 Å². The van der Waals surface area contributed by atoms with E-state index in [1.54, 1.807) is 12.1 Å². The summed E-state index contributed by atoms with van der Waals surface area (Å²) in [4.78, 5) is 48.0. The fourth-order valence-electron chi connectivity index (χ4n) is 4.53. The third kappa shape index (κ3) is 9.97. The Bertz CT molecular complexity index is 1260. The van der Waals surface area contributed by atoms with Crippen LogP contribution >= 0.6 is 0 Å². The lowest BCUT2D eigenvalue weighted by Crippen LogP contribution is -2.63.